The maximum absolute atomic E-state index is 12.6. The van der Waals surface area contributed by atoms with E-state index in [1.807, 2.05) is 18.2 Å². The summed E-state index contributed by atoms with van der Waals surface area (Å²) in [5.74, 6) is 3.21. The molecule has 0 N–H and O–H groups in total. The van der Waals surface area contributed by atoms with E-state index in [1.165, 1.54) is 37.1 Å². The molecule has 1 aromatic rings. The third-order valence-corrected chi connectivity index (χ3v) is 6.43. The predicted molar refractivity (Wildman–Crippen MR) is 95.7 cm³/mol. The second kappa shape index (κ2) is 5.98. The van der Waals surface area contributed by atoms with Crippen LogP contribution in [0.25, 0.3) is 0 Å². The van der Waals surface area contributed by atoms with E-state index in [0.717, 1.165) is 29.9 Å². The van der Waals surface area contributed by atoms with Crippen LogP contribution in [-0.4, -0.2) is 16.6 Å². The van der Waals surface area contributed by atoms with Crippen LogP contribution in [0, 0.1) is 23.2 Å². The first-order valence-electron chi connectivity index (χ1n) is 9.41. The van der Waals surface area contributed by atoms with Crippen LogP contribution in [0.2, 0.25) is 0 Å². The summed E-state index contributed by atoms with van der Waals surface area (Å²) in [6.45, 7) is 4.68. The first kappa shape index (κ1) is 15.8. The largest absolute Gasteiger partial charge is 0.272 e. The van der Waals surface area contributed by atoms with E-state index in [-0.39, 0.29) is 11.3 Å². The van der Waals surface area contributed by atoms with E-state index in [2.05, 4.69) is 18.8 Å². The Morgan fingerprint density at radius 1 is 1.21 bits per heavy atom. The van der Waals surface area contributed by atoms with Gasteiger partial charge in [-0.2, -0.15) is 10.1 Å². The molecule has 1 aliphatic heterocycles. The second-order valence-electron chi connectivity index (χ2n) is 8.20. The molecule has 4 nitrogen and oxygen atoms in total. The van der Waals surface area contributed by atoms with Crippen LogP contribution in [0.3, 0.4) is 0 Å². The van der Waals surface area contributed by atoms with Crippen molar-refractivity contribution in [2.24, 2.45) is 28.3 Å². The lowest BCUT2D eigenvalue weighted by Gasteiger charge is -2.48. The number of amides is 1. The molecule has 4 heteroatoms. The monoisotopic (exact) mass is 325 g/mol. The Labute approximate surface area is 144 Å². The fourth-order valence-corrected chi connectivity index (χ4v) is 5.53. The third kappa shape index (κ3) is 2.66. The maximum Gasteiger partial charge on any atom is 0.254 e. The van der Waals surface area contributed by atoms with Gasteiger partial charge in [0.25, 0.3) is 5.91 Å². The molecular weight excluding hydrogens is 298 g/mol. The van der Waals surface area contributed by atoms with Crippen LogP contribution in [0.5, 0.6) is 0 Å². The Balaban J connectivity index is 1.63. The van der Waals surface area contributed by atoms with Crippen LogP contribution in [0.15, 0.2) is 29.5 Å². The SMILES string of the molecule is CCC1(C2=NN(c3ccccn3)C(=O)C2)CC2CC(C)CC(C2)C1. The molecule has 4 rings (SSSR count). The fourth-order valence-electron chi connectivity index (χ4n) is 5.53. The summed E-state index contributed by atoms with van der Waals surface area (Å²) < 4.78 is 0. The molecule has 2 saturated carbocycles. The number of anilines is 1. The van der Waals surface area contributed by atoms with Gasteiger partial charge in [0.15, 0.2) is 5.82 Å². The number of rotatable bonds is 3. The molecule has 1 aromatic heterocycles. The van der Waals surface area contributed by atoms with Gasteiger partial charge in [-0.25, -0.2) is 4.98 Å². The van der Waals surface area contributed by atoms with Crippen LogP contribution < -0.4 is 5.01 Å². The van der Waals surface area contributed by atoms with Crippen LogP contribution >= 0.6 is 0 Å². The zero-order valence-corrected chi connectivity index (χ0v) is 14.7. The maximum atomic E-state index is 12.6. The molecule has 0 aromatic carbocycles. The van der Waals surface area contributed by atoms with Crippen molar-refractivity contribution in [3.05, 3.63) is 24.4 Å². The van der Waals surface area contributed by atoms with E-state index in [9.17, 15) is 4.79 Å². The Morgan fingerprint density at radius 3 is 2.58 bits per heavy atom. The minimum atomic E-state index is 0.0700. The summed E-state index contributed by atoms with van der Waals surface area (Å²) in [6, 6.07) is 5.64. The standard InChI is InChI=1S/C20H27N3O/c1-3-20(12-15-8-14(2)9-16(10-15)13-20)17-11-19(24)23(22-17)18-6-4-5-7-21-18/h4-7,14-16H,3,8-13H2,1-2H3. The summed E-state index contributed by atoms with van der Waals surface area (Å²) in [5, 5.41) is 6.32. The Kier molecular flexibility index (Phi) is 3.93. The average Bonchev–Trinajstić information content (AvgIpc) is 2.97. The first-order chi connectivity index (χ1) is 11.6. The summed E-state index contributed by atoms with van der Waals surface area (Å²) in [7, 11) is 0. The minimum absolute atomic E-state index is 0.0700. The van der Waals surface area contributed by atoms with Gasteiger partial charge in [-0.05, 0) is 68.4 Å². The van der Waals surface area contributed by atoms with Crippen LogP contribution in [-0.2, 0) is 4.79 Å². The van der Waals surface area contributed by atoms with Gasteiger partial charge in [-0.1, -0.05) is 19.9 Å². The quantitative estimate of drug-likeness (QED) is 0.826. The number of hydrogen-bond acceptors (Lipinski definition) is 3. The fraction of sp³-hybridized carbons (Fsp3) is 0.650. The van der Waals surface area contributed by atoms with Crippen molar-refractivity contribution in [1.82, 2.24) is 4.98 Å². The molecule has 2 atom stereocenters. The number of carbonyl (C=O) groups excluding carboxylic acids is 1. The van der Waals surface area contributed by atoms with Gasteiger partial charge in [0.2, 0.25) is 0 Å². The predicted octanol–water partition coefficient (Wildman–Crippen LogP) is 4.42. The Morgan fingerprint density at radius 2 is 1.96 bits per heavy atom. The minimum Gasteiger partial charge on any atom is -0.272 e. The number of hydrazone groups is 1. The lowest BCUT2D eigenvalue weighted by atomic mass is 9.56. The number of carbonyl (C=O) groups is 1. The van der Waals surface area contributed by atoms with Crippen molar-refractivity contribution < 1.29 is 4.79 Å². The van der Waals surface area contributed by atoms with Crippen molar-refractivity contribution in [2.45, 2.75) is 58.8 Å². The van der Waals surface area contributed by atoms with Crippen molar-refractivity contribution in [2.75, 3.05) is 5.01 Å². The molecule has 128 valence electrons. The Hall–Kier alpha value is -1.71. The lowest BCUT2D eigenvalue weighted by molar-refractivity contribution is -0.117. The molecule has 0 saturated heterocycles. The van der Waals surface area contributed by atoms with E-state index < -0.39 is 0 Å². The zero-order valence-electron chi connectivity index (χ0n) is 14.7. The molecule has 2 bridgehead atoms. The topological polar surface area (TPSA) is 45.6 Å². The van der Waals surface area contributed by atoms with Crippen molar-refractivity contribution in [1.29, 1.82) is 0 Å². The molecule has 0 radical (unpaired) electrons. The third-order valence-electron chi connectivity index (χ3n) is 6.43. The highest BCUT2D eigenvalue weighted by Gasteiger charge is 2.48. The summed E-state index contributed by atoms with van der Waals surface area (Å²) in [6.07, 6.45) is 9.80. The van der Waals surface area contributed by atoms with Crippen molar-refractivity contribution in [3.63, 3.8) is 0 Å². The molecule has 1 amide bonds. The van der Waals surface area contributed by atoms with Gasteiger partial charge in [-0.3, -0.25) is 4.79 Å². The smallest absolute Gasteiger partial charge is 0.254 e. The second-order valence-corrected chi connectivity index (χ2v) is 8.20. The van der Waals surface area contributed by atoms with Crippen LogP contribution in [0.1, 0.15) is 58.8 Å². The molecule has 3 aliphatic rings. The number of hydrogen-bond donors (Lipinski definition) is 0. The summed E-state index contributed by atoms with van der Waals surface area (Å²) in [4.78, 5) is 16.9. The summed E-state index contributed by atoms with van der Waals surface area (Å²) >= 11 is 0. The Bertz CT molecular complexity index is 636. The van der Waals surface area contributed by atoms with Gasteiger partial charge in [0.05, 0.1) is 12.1 Å². The zero-order chi connectivity index (χ0) is 16.7. The highest BCUT2D eigenvalue weighted by molar-refractivity contribution is 6.14. The number of pyridine rings is 1. The molecule has 2 fully saturated rings. The van der Waals surface area contributed by atoms with Crippen molar-refractivity contribution >= 4 is 17.4 Å². The molecule has 24 heavy (non-hydrogen) atoms. The molecule has 2 unspecified atom stereocenters. The van der Waals surface area contributed by atoms with Gasteiger partial charge in [0, 0.05) is 11.6 Å². The molecule has 2 heterocycles. The van der Waals surface area contributed by atoms with Gasteiger partial charge < -0.3 is 0 Å². The highest BCUT2D eigenvalue weighted by atomic mass is 16.2. The molecule has 2 aliphatic carbocycles. The van der Waals surface area contributed by atoms with E-state index in [0.29, 0.717) is 12.2 Å². The number of aromatic nitrogens is 1. The molecular formula is C20H27N3O. The summed E-state index contributed by atoms with van der Waals surface area (Å²) in [5.41, 5.74) is 1.25. The number of fused-ring (bicyclic) bond motifs is 2. The normalized spacial score (nSPS) is 35.9. The first-order valence-corrected chi connectivity index (χ1v) is 9.41. The van der Waals surface area contributed by atoms with Crippen molar-refractivity contribution in [3.8, 4) is 0 Å². The number of nitrogens with zero attached hydrogens (tertiary/aromatic N) is 3. The highest BCUT2D eigenvalue weighted by Crippen LogP contribution is 2.53. The van der Waals surface area contributed by atoms with Crippen LogP contribution in [0.4, 0.5) is 5.82 Å². The van der Waals surface area contributed by atoms with E-state index in [1.54, 1.807) is 6.20 Å². The lowest BCUT2D eigenvalue weighted by Crippen LogP contribution is -2.42. The van der Waals surface area contributed by atoms with E-state index in [4.69, 9.17) is 5.10 Å². The van der Waals surface area contributed by atoms with Gasteiger partial charge in [-0.15, -0.1) is 0 Å². The van der Waals surface area contributed by atoms with Gasteiger partial charge >= 0.3 is 0 Å². The van der Waals surface area contributed by atoms with E-state index >= 15 is 0 Å². The average molecular weight is 325 g/mol. The molecule has 0 spiro atoms. The van der Waals surface area contributed by atoms with Gasteiger partial charge in [0.1, 0.15) is 0 Å².